The van der Waals surface area contributed by atoms with Crippen LogP contribution in [0.25, 0.3) is 0 Å². The fraction of sp³-hybridized carbons (Fsp3) is 0.900. The van der Waals surface area contributed by atoms with Crippen molar-refractivity contribution in [1.82, 2.24) is 0 Å². The monoisotopic (exact) mass is 349 g/mol. The predicted octanol–water partition coefficient (Wildman–Crippen LogP) is 3.93. The SMILES string of the molecule is O=C(OC1CCCC1)C1OC1C(=NC1CCCCC1)OC1CCCC1. The lowest BCUT2D eigenvalue weighted by Crippen LogP contribution is -2.27. The quantitative estimate of drug-likeness (QED) is 0.326. The molecule has 3 saturated carbocycles. The highest BCUT2D eigenvalue weighted by atomic mass is 16.7. The molecule has 5 nitrogen and oxygen atoms in total. The Morgan fingerprint density at radius 2 is 1.28 bits per heavy atom. The normalized spacial score (nSPS) is 32.1. The summed E-state index contributed by atoms with van der Waals surface area (Å²) in [5, 5.41) is 0. The third kappa shape index (κ3) is 4.55. The maximum absolute atomic E-state index is 12.3. The summed E-state index contributed by atoms with van der Waals surface area (Å²) >= 11 is 0. The van der Waals surface area contributed by atoms with Gasteiger partial charge in [0.15, 0.2) is 12.2 Å². The van der Waals surface area contributed by atoms with E-state index >= 15 is 0 Å². The molecule has 0 aromatic heterocycles. The number of carbonyl (C=O) groups is 1. The molecule has 140 valence electrons. The first-order valence-corrected chi connectivity index (χ1v) is 10.4. The first kappa shape index (κ1) is 17.3. The Bertz CT molecular complexity index is 488. The van der Waals surface area contributed by atoms with Gasteiger partial charge in [-0.05, 0) is 64.2 Å². The minimum absolute atomic E-state index is 0.0897. The second kappa shape index (κ2) is 8.07. The van der Waals surface area contributed by atoms with Crippen molar-refractivity contribution >= 4 is 11.9 Å². The van der Waals surface area contributed by atoms with Crippen molar-refractivity contribution in [3.63, 3.8) is 0 Å². The average molecular weight is 349 g/mol. The molecule has 0 amide bonds. The molecule has 4 fully saturated rings. The minimum Gasteiger partial charge on any atom is -0.476 e. The molecular weight excluding hydrogens is 318 g/mol. The van der Waals surface area contributed by atoms with Crippen LogP contribution in [0, 0.1) is 0 Å². The van der Waals surface area contributed by atoms with E-state index in [4.69, 9.17) is 19.2 Å². The third-order valence-electron chi connectivity index (χ3n) is 6.03. The maximum atomic E-state index is 12.3. The van der Waals surface area contributed by atoms with Gasteiger partial charge in [0.2, 0.25) is 5.90 Å². The van der Waals surface area contributed by atoms with E-state index in [0.29, 0.717) is 11.9 Å². The summed E-state index contributed by atoms with van der Waals surface area (Å²) in [5.41, 5.74) is 0. The zero-order valence-corrected chi connectivity index (χ0v) is 15.2. The molecule has 0 spiro atoms. The van der Waals surface area contributed by atoms with Crippen LogP contribution >= 0.6 is 0 Å². The lowest BCUT2D eigenvalue weighted by atomic mass is 9.96. The van der Waals surface area contributed by atoms with Crippen molar-refractivity contribution < 1.29 is 19.0 Å². The molecule has 0 radical (unpaired) electrons. The topological polar surface area (TPSA) is 60.4 Å². The number of hydrogen-bond acceptors (Lipinski definition) is 5. The van der Waals surface area contributed by atoms with Crippen LogP contribution in [0.2, 0.25) is 0 Å². The number of nitrogens with zero attached hydrogens (tertiary/aromatic N) is 1. The van der Waals surface area contributed by atoms with Crippen molar-refractivity contribution in [2.75, 3.05) is 0 Å². The van der Waals surface area contributed by atoms with Crippen molar-refractivity contribution in [3.05, 3.63) is 0 Å². The summed E-state index contributed by atoms with van der Waals surface area (Å²) in [7, 11) is 0. The van der Waals surface area contributed by atoms with Crippen molar-refractivity contribution in [2.24, 2.45) is 4.99 Å². The molecule has 2 unspecified atom stereocenters. The highest BCUT2D eigenvalue weighted by Gasteiger charge is 2.52. The van der Waals surface area contributed by atoms with Gasteiger partial charge >= 0.3 is 5.97 Å². The highest BCUT2D eigenvalue weighted by Crippen LogP contribution is 2.32. The summed E-state index contributed by atoms with van der Waals surface area (Å²) in [4.78, 5) is 17.2. The Labute approximate surface area is 150 Å². The Kier molecular flexibility index (Phi) is 5.59. The van der Waals surface area contributed by atoms with Crippen LogP contribution < -0.4 is 0 Å². The Hall–Kier alpha value is -1.10. The van der Waals surface area contributed by atoms with Gasteiger partial charge in [0, 0.05) is 0 Å². The van der Waals surface area contributed by atoms with Gasteiger partial charge in [0.25, 0.3) is 0 Å². The van der Waals surface area contributed by atoms with Crippen molar-refractivity contribution in [1.29, 1.82) is 0 Å². The molecule has 0 N–H and O–H groups in total. The van der Waals surface area contributed by atoms with Gasteiger partial charge < -0.3 is 14.2 Å². The fourth-order valence-corrected chi connectivity index (χ4v) is 4.45. The van der Waals surface area contributed by atoms with Gasteiger partial charge in [-0.15, -0.1) is 0 Å². The van der Waals surface area contributed by atoms with E-state index < -0.39 is 6.10 Å². The molecule has 4 rings (SSSR count). The first-order chi connectivity index (χ1) is 12.3. The number of ether oxygens (including phenoxy) is 3. The van der Waals surface area contributed by atoms with Crippen LogP contribution in [0.5, 0.6) is 0 Å². The van der Waals surface area contributed by atoms with Crippen molar-refractivity contribution in [3.8, 4) is 0 Å². The second-order valence-corrected chi connectivity index (χ2v) is 8.10. The fourth-order valence-electron chi connectivity index (χ4n) is 4.45. The molecule has 25 heavy (non-hydrogen) atoms. The Balaban J connectivity index is 1.37. The number of rotatable bonds is 5. The molecular formula is C20H31NO4. The maximum Gasteiger partial charge on any atom is 0.338 e. The molecule has 1 aliphatic heterocycles. The number of hydrogen-bond donors (Lipinski definition) is 0. The zero-order valence-electron chi connectivity index (χ0n) is 15.2. The molecule has 0 bridgehead atoms. The van der Waals surface area contributed by atoms with Crippen LogP contribution in [0.3, 0.4) is 0 Å². The first-order valence-electron chi connectivity index (χ1n) is 10.4. The van der Waals surface area contributed by atoms with Crippen molar-refractivity contribution in [2.45, 2.75) is 114 Å². The Morgan fingerprint density at radius 3 is 1.92 bits per heavy atom. The standard InChI is InChI=1S/C20H31NO4/c22-20(24-16-12-6-7-13-16)18-17(25-18)19(23-15-10-4-5-11-15)21-14-8-2-1-3-9-14/h14-18H,1-13H2. The summed E-state index contributed by atoms with van der Waals surface area (Å²) in [5.74, 6) is 0.454. The number of epoxide rings is 1. The summed E-state index contributed by atoms with van der Waals surface area (Å²) in [6.07, 6.45) is 14.5. The van der Waals surface area contributed by atoms with Gasteiger partial charge in [-0.25, -0.2) is 9.79 Å². The van der Waals surface area contributed by atoms with Gasteiger partial charge in [0.05, 0.1) is 6.04 Å². The van der Waals surface area contributed by atoms with Crippen LogP contribution in [-0.4, -0.2) is 42.3 Å². The molecule has 5 heteroatoms. The predicted molar refractivity (Wildman–Crippen MR) is 94.7 cm³/mol. The van der Waals surface area contributed by atoms with E-state index in [2.05, 4.69) is 0 Å². The van der Waals surface area contributed by atoms with E-state index in [1.165, 1.54) is 32.1 Å². The highest BCUT2D eigenvalue weighted by molar-refractivity contribution is 5.93. The van der Waals surface area contributed by atoms with E-state index in [1.807, 2.05) is 0 Å². The summed E-state index contributed by atoms with van der Waals surface area (Å²) < 4.78 is 17.5. The molecule has 4 aliphatic rings. The van der Waals surface area contributed by atoms with Crippen LogP contribution in [0.15, 0.2) is 4.99 Å². The molecule has 1 heterocycles. The minimum atomic E-state index is -0.496. The van der Waals surface area contributed by atoms with Gasteiger partial charge in [0.1, 0.15) is 12.2 Å². The van der Waals surface area contributed by atoms with E-state index in [0.717, 1.165) is 51.4 Å². The number of carbonyl (C=O) groups excluding carboxylic acids is 1. The third-order valence-corrected chi connectivity index (χ3v) is 6.03. The largest absolute Gasteiger partial charge is 0.476 e. The molecule has 0 aromatic carbocycles. The molecule has 3 aliphatic carbocycles. The Morgan fingerprint density at radius 1 is 0.720 bits per heavy atom. The van der Waals surface area contributed by atoms with Gasteiger partial charge in [-0.1, -0.05) is 19.3 Å². The van der Waals surface area contributed by atoms with E-state index in [-0.39, 0.29) is 24.3 Å². The molecule has 0 aromatic rings. The van der Waals surface area contributed by atoms with Gasteiger partial charge in [-0.2, -0.15) is 0 Å². The number of esters is 1. The second-order valence-electron chi connectivity index (χ2n) is 8.10. The van der Waals surface area contributed by atoms with E-state index in [9.17, 15) is 4.79 Å². The zero-order chi connectivity index (χ0) is 17.1. The molecule has 2 atom stereocenters. The lowest BCUT2D eigenvalue weighted by molar-refractivity contribution is -0.150. The van der Waals surface area contributed by atoms with Crippen LogP contribution in [-0.2, 0) is 19.0 Å². The van der Waals surface area contributed by atoms with E-state index in [1.54, 1.807) is 0 Å². The molecule has 1 saturated heterocycles. The summed E-state index contributed by atoms with van der Waals surface area (Å²) in [6, 6.07) is 0.334. The summed E-state index contributed by atoms with van der Waals surface area (Å²) in [6.45, 7) is 0. The smallest absolute Gasteiger partial charge is 0.338 e. The number of aliphatic imine (C=N–C) groups is 1. The average Bonchev–Trinajstić information content (AvgIpc) is 2.99. The van der Waals surface area contributed by atoms with Gasteiger partial charge in [-0.3, -0.25) is 0 Å². The van der Waals surface area contributed by atoms with Crippen LogP contribution in [0.4, 0.5) is 0 Å². The van der Waals surface area contributed by atoms with Crippen LogP contribution in [0.1, 0.15) is 83.5 Å². The lowest BCUT2D eigenvalue weighted by Gasteiger charge is -2.20.